The van der Waals surface area contributed by atoms with Crippen molar-refractivity contribution >= 4 is 72.1 Å². The highest BCUT2D eigenvalue weighted by Crippen LogP contribution is 2.50. The molecule has 0 amide bonds. The van der Waals surface area contributed by atoms with E-state index in [1.165, 1.54) is 24.3 Å². The summed E-state index contributed by atoms with van der Waals surface area (Å²) in [5.41, 5.74) is 8.72. The van der Waals surface area contributed by atoms with E-state index in [0.717, 1.165) is 43.7 Å². The molecule has 74 heavy (non-hydrogen) atoms. The highest BCUT2D eigenvalue weighted by Gasteiger charge is 2.25. The van der Waals surface area contributed by atoms with Crippen LogP contribution < -0.4 is 9.80 Å². The Hall–Kier alpha value is -10.0. The topological polar surface area (TPSA) is 34.6 Å². The van der Waals surface area contributed by atoms with E-state index < -0.39 is 23.3 Å². The third-order valence-corrected chi connectivity index (χ3v) is 13.7. The van der Waals surface area contributed by atoms with Crippen molar-refractivity contribution in [3.63, 3.8) is 0 Å². The van der Waals surface area contributed by atoms with Crippen LogP contribution in [0.25, 0.3) is 81.7 Å². The normalized spacial score (nSPS) is 11.2. The Morgan fingerprint density at radius 2 is 0.703 bits per heavy atom. The number of nitriles is 1. The third-order valence-electron chi connectivity index (χ3n) is 13.7. The lowest BCUT2D eigenvalue weighted by molar-refractivity contribution is 0.630. The summed E-state index contributed by atoms with van der Waals surface area (Å²) in [6, 6.07) is 70.6. The van der Waals surface area contributed by atoms with Gasteiger partial charge in [0.25, 0.3) is 0 Å². The van der Waals surface area contributed by atoms with Gasteiger partial charge in [-0.15, -0.1) is 0 Å². The zero-order valence-corrected chi connectivity index (χ0v) is 39.2. The molecule has 0 radical (unpaired) electrons. The fraction of sp³-hybridized carbons (Fsp3) is 0. The Morgan fingerprint density at radius 3 is 1.04 bits per heavy atom. The van der Waals surface area contributed by atoms with Gasteiger partial charge in [-0.05, 0) is 153 Å². The quantitative estimate of drug-likeness (QED) is 0.0778. The Bertz CT molecular complexity index is 3830. The van der Waals surface area contributed by atoms with E-state index >= 15 is 17.6 Å². The van der Waals surface area contributed by atoms with Gasteiger partial charge in [0.15, 0.2) is 5.69 Å². The molecule has 0 bridgehead atoms. The number of hydrogen-bond donors (Lipinski definition) is 0. The van der Waals surface area contributed by atoms with Crippen LogP contribution in [0.1, 0.15) is 5.56 Å². The number of nitrogens with zero attached hydrogens (tertiary/aromatic N) is 4. The minimum atomic E-state index is -0.425. The van der Waals surface area contributed by atoms with Gasteiger partial charge in [0.1, 0.15) is 23.3 Å². The summed E-state index contributed by atoms with van der Waals surface area (Å²) in [7, 11) is 0. The van der Waals surface area contributed by atoms with Crippen molar-refractivity contribution in [2.45, 2.75) is 0 Å². The minimum absolute atomic E-state index is 0.350. The smallest absolute Gasteiger partial charge is 0.187 e. The first-order valence-electron chi connectivity index (χ1n) is 23.8. The second-order valence-electron chi connectivity index (χ2n) is 18.0. The van der Waals surface area contributed by atoms with Crippen molar-refractivity contribution in [3.8, 4) is 50.6 Å². The van der Waals surface area contributed by atoms with Gasteiger partial charge < -0.3 is 9.80 Å². The summed E-state index contributed by atoms with van der Waals surface area (Å²) in [4.78, 5) is 7.80. The summed E-state index contributed by atoms with van der Waals surface area (Å²) in [5, 5.41) is 15.5. The zero-order valence-electron chi connectivity index (χ0n) is 39.2. The summed E-state index contributed by atoms with van der Waals surface area (Å²) in [6.07, 6.45) is 0. The molecule has 0 saturated heterocycles. The molecular formula is C66H38F4N4. The van der Waals surface area contributed by atoms with Crippen molar-refractivity contribution in [1.82, 2.24) is 0 Å². The van der Waals surface area contributed by atoms with Crippen LogP contribution in [0.3, 0.4) is 0 Å². The van der Waals surface area contributed by atoms with Crippen LogP contribution in [-0.2, 0) is 0 Å². The lowest BCUT2D eigenvalue weighted by Gasteiger charge is -2.30. The first-order chi connectivity index (χ1) is 36.2. The SMILES string of the molecule is [C-]#[N+]c1ccc(N(c2cc(-c3ccccc3F)cc(-c3ccccc3F)c2)c2ccc3ccc4c(N(c5ccc(C#N)cc5)c5cc(-c6ccccc6F)cc(-c6ccccc6F)c5)ccc5ccc2c3c54)cc1. The molecular weight excluding hydrogens is 925 g/mol. The van der Waals surface area contributed by atoms with Gasteiger partial charge in [-0.25, -0.2) is 22.4 Å². The van der Waals surface area contributed by atoms with E-state index in [0.29, 0.717) is 78.5 Å². The first-order valence-corrected chi connectivity index (χ1v) is 23.8. The van der Waals surface area contributed by atoms with E-state index in [1.807, 2.05) is 60.7 Å². The highest BCUT2D eigenvalue weighted by atomic mass is 19.1. The monoisotopic (exact) mass is 962 g/mol. The number of halogens is 4. The first kappa shape index (κ1) is 45.1. The van der Waals surface area contributed by atoms with E-state index in [4.69, 9.17) is 6.57 Å². The molecule has 12 aromatic carbocycles. The fourth-order valence-electron chi connectivity index (χ4n) is 10.3. The number of rotatable bonds is 10. The molecule has 12 aromatic rings. The van der Waals surface area contributed by atoms with Gasteiger partial charge in [0, 0.05) is 55.8 Å². The predicted octanol–water partition coefficient (Wildman–Crippen LogP) is 19.2. The molecule has 0 aliphatic carbocycles. The minimum Gasteiger partial charge on any atom is -0.310 e. The Labute approximate surface area is 424 Å². The molecule has 350 valence electrons. The molecule has 0 atom stereocenters. The molecule has 0 N–H and O–H groups in total. The van der Waals surface area contributed by atoms with Crippen molar-refractivity contribution in [2.24, 2.45) is 0 Å². The summed E-state index contributed by atoms with van der Waals surface area (Å²) >= 11 is 0. The number of hydrogen-bond acceptors (Lipinski definition) is 3. The molecule has 8 heteroatoms. The second-order valence-corrected chi connectivity index (χ2v) is 18.0. The van der Waals surface area contributed by atoms with Gasteiger partial charge in [-0.1, -0.05) is 121 Å². The molecule has 0 fully saturated rings. The van der Waals surface area contributed by atoms with Crippen LogP contribution in [0.5, 0.6) is 0 Å². The maximum atomic E-state index is 15.8. The van der Waals surface area contributed by atoms with Crippen molar-refractivity contribution in [2.75, 3.05) is 9.80 Å². The van der Waals surface area contributed by atoms with E-state index in [2.05, 4.69) is 57.1 Å². The third kappa shape index (κ3) is 7.98. The standard InChI is InChI=1S/C66H38F4N4/c1-72-48-24-28-50(29-25-48)74(52-38-46(55-12-4-8-16-61(55)69)35-47(39-52)56-13-5-9-17-62(56)70)64-33-23-43-20-30-57-63(32-22-42-21-31-58(64)66(43)65(42)57)73(49-26-18-41(40-71)19-27-49)51-36-44(53-10-2-6-14-59(53)67)34-45(37-51)54-11-3-7-15-60(54)68/h2-39H. The van der Waals surface area contributed by atoms with Gasteiger partial charge >= 0.3 is 0 Å². The number of benzene rings is 12. The average molecular weight is 963 g/mol. The Balaban J connectivity index is 1.12. The van der Waals surface area contributed by atoms with Crippen molar-refractivity contribution in [3.05, 3.63) is 271 Å². The van der Waals surface area contributed by atoms with Crippen LogP contribution in [-0.4, -0.2) is 0 Å². The second kappa shape index (κ2) is 18.6. The molecule has 0 saturated carbocycles. The highest BCUT2D eigenvalue weighted by molar-refractivity contribution is 6.28. The number of anilines is 6. The van der Waals surface area contributed by atoms with Crippen molar-refractivity contribution < 1.29 is 17.6 Å². The van der Waals surface area contributed by atoms with Crippen LogP contribution in [0.15, 0.2) is 231 Å². The molecule has 0 aromatic heterocycles. The molecule has 4 nitrogen and oxygen atoms in total. The predicted molar refractivity (Wildman–Crippen MR) is 292 cm³/mol. The molecule has 12 rings (SSSR count). The maximum Gasteiger partial charge on any atom is 0.187 e. The molecule has 0 spiro atoms. The Morgan fingerprint density at radius 1 is 0.365 bits per heavy atom. The van der Waals surface area contributed by atoms with Crippen LogP contribution in [0.2, 0.25) is 0 Å². The van der Waals surface area contributed by atoms with Gasteiger partial charge in [-0.2, -0.15) is 5.26 Å². The summed E-state index contributed by atoms with van der Waals surface area (Å²) in [5.74, 6) is -1.70. The Kier molecular flexibility index (Phi) is 11.4. The largest absolute Gasteiger partial charge is 0.310 e. The van der Waals surface area contributed by atoms with Crippen LogP contribution in [0, 0.1) is 41.2 Å². The zero-order chi connectivity index (χ0) is 50.5. The molecule has 0 heterocycles. The lowest BCUT2D eigenvalue weighted by atomic mass is 9.91. The van der Waals surface area contributed by atoms with Crippen molar-refractivity contribution in [1.29, 1.82) is 5.26 Å². The molecule has 0 unspecified atom stereocenters. The molecule has 0 aliphatic heterocycles. The van der Waals surface area contributed by atoms with Gasteiger partial charge in [-0.3, -0.25) is 0 Å². The van der Waals surface area contributed by atoms with Crippen LogP contribution >= 0.6 is 0 Å². The fourth-order valence-corrected chi connectivity index (χ4v) is 10.3. The van der Waals surface area contributed by atoms with E-state index in [-0.39, 0.29) is 0 Å². The summed E-state index contributed by atoms with van der Waals surface area (Å²) < 4.78 is 63.2. The maximum absolute atomic E-state index is 15.8. The van der Waals surface area contributed by atoms with Gasteiger partial charge in [0.05, 0.1) is 29.6 Å². The molecule has 0 aliphatic rings. The van der Waals surface area contributed by atoms with E-state index in [1.54, 1.807) is 109 Å². The van der Waals surface area contributed by atoms with Crippen LogP contribution in [0.4, 0.5) is 57.4 Å². The summed E-state index contributed by atoms with van der Waals surface area (Å²) in [6.45, 7) is 7.75. The lowest BCUT2D eigenvalue weighted by Crippen LogP contribution is -2.12. The van der Waals surface area contributed by atoms with E-state index in [9.17, 15) is 5.26 Å². The average Bonchev–Trinajstić information content (AvgIpc) is 3.46. The van der Waals surface area contributed by atoms with Gasteiger partial charge in [0.2, 0.25) is 0 Å².